The van der Waals surface area contributed by atoms with Crippen molar-refractivity contribution in [3.63, 3.8) is 0 Å². The number of benzene rings is 1. The largest absolute Gasteiger partial charge is 0.352 e. The third-order valence-electron chi connectivity index (χ3n) is 4.48. The van der Waals surface area contributed by atoms with Crippen LogP contribution >= 0.6 is 0 Å². The Morgan fingerprint density at radius 2 is 2.04 bits per heavy atom. The number of para-hydroxylation sites is 2. The van der Waals surface area contributed by atoms with Crippen molar-refractivity contribution in [3.05, 3.63) is 54.5 Å². The number of nitrogens with one attached hydrogen (secondary N) is 1. The molecule has 2 heterocycles. The summed E-state index contributed by atoms with van der Waals surface area (Å²) in [5.74, 6) is 1.17. The molecule has 0 atom stereocenters. The van der Waals surface area contributed by atoms with E-state index in [1.165, 1.54) is 0 Å². The minimum Gasteiger partial charge on any atom is -0.352 e. The molecule has 1 fully saturated rings. The van der Waals surface area contributed by atoms with Crippen LogP contribution in [0.25, 0.3) is 16.9 Å². The maximum absolute atomic E-state index is 12.1. The van der Waals surface area contributed by atoms with Gasteiger partial charge in [0.25, 0.3) is 0 Å². The summed E-state index contributed by atoms with van der Waals surface area (Å²) in [5, 5.41) is 3.04. The van der Waals surface area contributed by atoms with Crippen LogP contribution in [0, 0.1) is 5.92 Å². The number of carbonyl (C=O) groups excluding carboxylic acids is 1. The number of pyridine rings is 1. The van der Waals surface area contributed by atoms with E-state index < -0.39 is 0 Å². The lowest BCUT2D eigenvalue weighted by Crippen LogP contribution is -2.34. The zero-order valence-electron chi connectivity index (χ0n) is 12.8. The molecule has 3 aromatic rings. The minimum absolute atomic E-state index is 0.154. The molecule has 0 radical (unpaired) electrons. The molecule has 23 heavy (non-hydrogen) atoms. The normalized spacial score (nSPS) is 14.6. The summed E-state index contributed by atoms with van der Waals surface area (Å²) in [7, 11) is 0. The van der Waals surface area contributed by atoms with Gasteiger partial charge in [0.15, 0.2) is 0 Å². The van der Waals surface area contributed by atoms with Gasteiger partial charge in [-0.05, 0) is 31.0 Å². The molecular weight excluding hydrogens is 288 g/mol. The number of rotatable bonds is 4. The third kappa shape index (κ3) is 2.59. The number of nitrogens with zero attached hydrogens (tertiary/aromatic N) is 3. The van der Waals surface area contributed by atoms with E-state index in [2.05, 4.69) is 15.3 Å². The summed E-state index contributed by atoms with van der Waals surface area (Å²) in [6, 6.07) is 11.9. The molecule has 1 aliphatic carbocycles. The van der Waals surface area contributed by atoms with Crippen LogP contribution in [0.4, 0.5) is 0 Å². The first-order valence-electron chi connectivity index (χ1n) is 7.97. The first kappa shape index (κ1) is 13.9. The summed E-state index contributed by atoms with van der Waals surface area (Å²) in [6.45, 7) is 0.491. The quantitative estimate of drug-likeness (QED) is 0.806. The number of carbonyl (C=O) groups is 1. The van der Waals surface area contributed by atoms with E-state index in [0.29, 0.717) is 6.54 Å². The number of hydrogen-bond acceptors (Lipinski definition) is 3. The summed E-state index contributed by atoms with van der Waals surface area (Å²) in [6.07, 6.45) is 6.73. The van der Waals surface area contributed by atoms with E-state index in [1.807, 2.05) is 41.0 Å². The van der Waals surface area contributed by atoms with Gasteiger partial charge in [0.05, 0.1) is 11.0 Å². The molecule has 1 amide bonds. The Balaban J connectivity index is 1.63. The SMILES string of the molecule is O=C(NCc1cccnc1-n1cnc2ccccc21)C1CCC1. The molecule has 0 aliphatic heterocycles. The van der Waals surface area contributed by atoms with Crippen LogP contribution in [0.1, 0.15) is 24.8 Å². The van der Waals surface area contributed by atoms with Crippen molar-refractivity contribution in [2.45, 2.75) is 25.8 Å². The lowest BCUT2D eigenvalue weighted by atomic mass is 9.85. The molecule has 0 spiro atoms. The van der Waals surface area contributed by atoms with Crippen molar-refractivity contribution < 1.29 is 4.79 Å². The van der Waals surface area contributed by atoms with Gasteiger partial charge in [-0.1, -0.05) is 24.6 Å². The first-order valence-corrected chi connectivity index (χ1v) is 7.97. The van der Waals surface area contributed by atoms with Crippen LogP contribution in [0.3, 0.4) is 0 Å². The standard InChI is InChI=1S/C18H18N4O/c23-18(13-5-3-6-13)20-11-14-7-4-10-19-17(14)22-12-21-15-8-1-2-9-16(15)22/h1-2,4,7-10,12-13H,3,5-6,11H2,(H,20,23). The van der Waals surface area contributed by atoms with E-state index in [-0.39, 0.29) is 11.8 Å². The molecule has 1 N–H and O–H groups in total. The minimum atomic E-state index is 0.154. The van der Waals surface area contributed by atoms with Gasteiger partial charge in [-0.15, -0.1) is 0 Å². The van der Waals surface area contributed by atoms with Crippen LogP contribution in [-0.2, 0) is 11.3 Å². The van der Waals surface area contributed by atoms with E-state index in [9.17, 15) is 4.79 Å². The first-order chi connectivity index (χ1) is 11.3. The lowest BCUT2D eigenvalue weighted by molar-refractivity contribution is -0.127. The Labute approximate surface area is 134 Å². The maximum Gasteiger partial charge on any atom is 0.223 e. The molecule has 116 valence electrons. The van der Waals surface area contributed by atoms with Crippen molar-refractivity contribution in [2.24, 2.45) is 5.92 Å². The number of imidazole rings is 1. The average Bonchev–Trinajstić information content (AvgIpc) is 2.95. The molecule has 0 saturated heterocycles. The second kappa shape index (κ2) is 5.83. The van der Waals surface area contributed by atoms with Gasteiger partial charge in [0.1, 0.15) is 12.1 Å². The molecular formula is C18H18N4O. The molecule has 0 bridgehead atoms. The fraction of sp³-hybridized carbons (Fsp3) is 0.278. The highest BCUT2D eigenvalue weighted by atomic mass is 16.1. The van der Waals surface area contributed by atoms with E-state index >= 15 is 0 Å². The molecule has 1 aliphatic rings. The summed E-state index contributed by atoms with van der Waals surface area (Å²) < 4.78 is 1.97. The number of aromatic nitrogens is 3. The molecule has 1 saturated carbocycles. The highest BCUT2D eigenvalue weighted by Gasteiger charge is 2.25. The van der Waals surface area contributed by atoms with Gasteiger partial charge in [-0.2, -0.15) is 0 Å². The smallest absolute Gasteiger partial charge is 0.223 e. The van der Waals surface area contributed by atoms with Crippen LogP contribution in [0.2, 0.25) is 0 Å². The van der Waals surface area contributed by atoms with Crippen molar-refractivity contribution in [3.8, 4) is 5.82 Å². The Bertz CT molecular complexity index is 851. The second-order valence-corrected chi connectivity index (χ2v) is 5.94. The lowest BCUT2D eigenvalue weighted by Gasteiger charge is -2.24. The van der Waals surface area contributed by atoms with Crippen molar-refractivity contribution >= 4 is 16.9 Å². The average molecular weight is 306 g/mol. The Morgan fingerprint density at radius 3 is 2.87 bits per heavy atom. The van der Waals surface area contributed by atoms with Gasteiger partial charge in [-0.3, -0.25) is 9.36 Å². The number of amides is 1. The monoisotopic (exact) mass is 306 g/mol. The predicted octanol–water partition coefficient (Wildman–Crippen LogP) is 2.84. The number of fused-ring (bicyclic) bond motifs is 1. The van der Waals surface area contributed by atoms with Crippen LogP contribution in [0.5, 0.6) is 0 Å². The Morgan fingerprint density at radius 1 is 1.17 bits per heavy atom. The van der Waals surface area contributed by atoms with Gasteiger partial charge < -0.3 is 5.32 Å². The third-order valence-corrected chi connectivity index (χ3v) is 4.48. The predicted molar refractivity (Wildman–Crippen MR) is 88.1 cm³/mol. The second-order valence-electron chi connectivity index (χ2n) is 5.94. The zero-order valence-corrected chi connectivity index (χ0v) is 12.8. The highest BCUT2D eigenvalue weighted by Crippen LogP contribution is 2.26. The fourth-order valence-corrected chi connectivity index (χ4v) is 2.91. The van der Waals surface area contributed by atoms with Gasteiger partial charge in [0, 0.05) is 24.2 Å². The molecule has 5 heteroatoms. The topological polar surface area (TPSA) is 59.8 Å². The van der Waals surface area contributed by atoms with Crippen LogP contribution in [0.15, 0.2) is 48.9 Å². The van der Waals surface area contributed by atoms with E-state index in [0.717, 1.165) is 41.7 Å². The summed E-state index contributed by atoms with van der Waals surface area (Å²) >= 11 is 0. The number of hydrogen-bond donors (Lipinski definition) is 1. The molecule has 2 aromatic heterocycles. The summed E-state index contributed by atoms with van der Waals surface area (Å²) in [5.41, 5.74) is 2.93. The van der Waals surface area contributed by atoms with E-state index in [4.69, 9.17) is 0 Å². The molecule has 1 aromatic carbocycles. The Hall–Kier alpha value is -2.69. The van der Waals surface area contributed by atoms with Gasteiger partial charge in [-0.25, -0.2) is 9.97 Å². The fourth-order valence-electron chi connectivity index (χ4n) is 2.91. The molecule has 5 nitrogen and oxygen atoms in total. The maximum atomic E-state index is 12.1. The van der Waals surface area contributed by atoms with Crippen molar-refractivity contribution in [1.82, 2.24) is 19.9 Å². The molecule has 0 unspecified atom stereocenters. The highest BCUT2D eigenvalue weighted by molar-refractivity contribution is 5.79. The van der Waals surface area contributed by atoms with E-state index in [1.54, 1.807) is 12.5 Å². The van der Waals surface area contributed by atoms with Crippen molar-refractivity contribution in [1.29, 1.82) is 0 Å². The zero-order chi connectivity index (χ0) is 15.6. The van der Waals surface area contributed by atoms with Crippen LogP contribution < -0.4 is 5.32 Å². The van der Waals surface area contributed by atoms with Crippen LogP contribution in [-0.4, -0.2) is 20.4 Å². The van der Waals surface area contributed by atoms with Gasteiger partial charge >= 0.3 is 0 Å². The van der Waals surface area contributed by atoms with Gasteiger partial charge in [0.2, 0.25) is 5.91 Å². The molecule has 4 rings (SSSR count). The Kier molecular flexibility index (Phi) is 3.54. The van der Waals surface area contributed by atoms with Crippen molar-refractivity contribution in [2.75, 3.05) is 0 Å². The summed E-state index contributed by atoms with van der Waals surface area (Å²) in [4.78, 5) is 21.0.